The van der Waals surface area contributed by atoms with Gasteiger partial charge in [0.15, 0.2) is 11.5 Å². The van der Waals surface area contributed by atoms with E-state index in [1.165, 1.54) is 0 Å². The van der Waals surface area contributed by atoms with E-state index in [1.54, 1.807) is 27.4 Å². The van der Waals surface area contributed by atoms with Crippen molar-refractivity contribution < 1.29 is 14.2 Å². The van der Waals surface area contributed by atoms with Gasteiger partial charge in [0.05, 0.1) is 26.4 Å². The van der Waals surface area contributed by atoms with E-state index in [0.717, 1.165) is 37.9 Å². The number of hydrogen-bond donors (Lipinski definition) is 1. The summed E-state index contributed by atoms with van der Waals surface area (Å²) in [6, 6.07) is 1.80. The van der Waals surface area contributed by atoms with Crippen LogP contribution >= 0.6 is 11.6 Å². The van der Waals surface area contributed by atoms with Gasteiger partial charge in [-0.3, -0.25) is 0 Å². The standard InChI is InChI=1S/C15H22ClNO3/c1-18-13-9-12(16)11(14(19-2)15(13)20-3)8-10-4-6-17-7-5-10/h9-10,17H,4-8H2,1-3H3. The van der Waals surface area contributed by atoms with Crippen molar-refractivity contribution in [1.82, 2.24) is 5.32 Å². The second kappa shape index (κ2) is 7.04. The van der Waals surface area contributed by atoms with Gasteiger partial charge in [0, 0.05) is 11.6 Å². The van der Waals surface area contributed by atoms with E-state index in [-0.39, 0.29) is 0 Å². The number of halogens is 1. The summed E-state index contributed by atoms with van der Waals surface area (Å²) >= 11 is 6.41. The number of benzene rings is 1. The minimum absolute atomic E-state index is 0.600. The molecule has 1 aliphatic heterocycles. The molecule has 1 aromatic carbocycles. The Morgan fingerprint density at radius 2 is 1.75 bits per heavy atom. The highest BCUT2D eigenvalue weighted by Crippen LogP contribution is 2.45. The van der Waals surface area contributed by atoms with Crippen LogP contribution in [0.4, 0.5) is 0 Å². The summed E-state index contributed by atoms with van der Waals surface area (Å²) in [6.07, 6.45) is 3.23. The largest absolute Gasteiger partial charge is 0.493 e. The fourth-order valence-corrected chi connectivity index (χ4v) is 3.01. The quantitative estimate of drug-likeness (QED) is 0.907. The molecule has 0 bridgehead atoms. The first-order valence-corrected chi connectivity index (χ1v) is 7.27. The molecule has 1 saturated heterocycles. The molecule has 0 atom stereocenters. The maximum Gasteiger partial charge on any atom is 0.203 e. The van der Waals surface area contributed by atoms with E-state index < -0.39 is 0 Å². The third-order valence-electron chi connectivity index (χ3n) is 3.83. The molecule has 1 aromatic rings. The number of hydrogen-bond acceptors (Lipinski definition) is 4. The van der Waals surface area contributed by atoms with Crippen LogP contribution in [0.15, 0.2) is 6.07 Å². The highest BCUT2D eigenvalue weighted by molar-refractivity contribution is 6.31. The molecule has 2 rings (SSSR count). The third-order valence-corrected chi connectivity index (χ3v) is 4.17. The number of methoxy groups -OCH3 is 3. The van der Waals surface area contributed by atoms with Crippen molar-refractivity contribution in [3.63, 3.8) is 0 Å². The first-order chi connectivity index (χ1) is 9.71. The summed E-state index contributed by atoms with van der Waals surface area (Å²) in [7, 11) is 4.85. The molecule has 0 aromatic heterocycles. The molecule has 1 aliphatic rings. The number of rotatable bonds is 5. The Balaban J connectivity index is 2.35. The van der Waals surface area contributed by atoms with Crippen molar-refractivity contribution in [2.45, 2.75) is 19.3 Å². The fourth-order valence-electron chi connectivity index (χ4n) is 2.75. The van der Waals surface area contributed by atoms with Crippen molar-refractivity contribution in [2.75, 3.05) is 34.4 Å². The number of piperidine rings is 1. The zero-order chi connectivity index (χ0) is 14.5. The maximum atomic E-state index is 6.41. The van der Waals surface area contributed by atoms with E-state index in [4.69, 9.17) is 25.8 Å². The van der Waals surface area contributed by atoms with Crippen LogP contribution in [0.3, 0.4) is 0 Å². The normalized spacial score (nSPS) is 16.0. The second-order valence-corrected chi connectivity index (χ2v) is 5.41. The Morgan fingerprint density at radius 3 is 2.30 bits per heavy atom. The summed E-state index contributed by atoms with van der Waals surface area (Å²) in [5.41, 5.74) is 1.01. The van der Waals surface area contributed by atoms with E-state index in [0.29, 0.717) is 28.2 Å². The molecule has 0 saturated carbocycles. The Bertz CT molecular complexity index is 459. The summed E-state index contributed by atoms with van der Waals surface area (Å²) in [6.45, 7) is 2.13. The SMILES string of the molecule is COc1cc(Cl)c(CC2CCNCC2)c(OC)c1OC. The van der Waals surface area contributed by atoms with E-state index in [2.05, 4.69) is 5.32 Å². The summed E-state index contributed by atoms with van der Waals surface area (Å²) in [5.74, 6) is 2.53. The van der Waals surface area contributed by atoms with Gasteiger partial charge in [0.2, 0.25) is 5.75 Å². The van der Waals surface area contributed by atoms with Crippen LogP contribution in [0.25, 0.3) is 0 Å². The van der Waals surface area contributed by atoms with E-state index in [1.807, 2.05) is 0 Å². The Kier molecular flexibility index (Phi) is 5.38. The molecule has 1 N–H and O–H groups in total. The molecule has 1 fully saturated rings. The van der Waals surface area contributed by atoms with Crippen LogP contribution in [-0.2, 0) is 6.42 Å². The third kappa shape index (κ3) is 3.13. The molecule has 0 aliphatic carbocycles. The van der Waals surface area contributed by atoms with Crippen molar-refractivity contribution in [3.8, 4) is 17.2 Å². The molecule has 0 spiro atoms. The molecule has 112 valence electrons. The number of ether oxygens (including phenoxy) is 3. The van der Waals surface area contributed by atoms with Gasteiger partial charge in [-0.2, -0.15) is 0 Å². The first-order valence-electron chi connectivity index (χ1n) is 6.89. The maximum absolute atomic E-state index is 6.41. The zero-order valence-corrected chi connectivity index (χ0v) is 13.0. The predicted octanol–water partition coefficient (Wildman–Crippen LogP) is 2.91. The minimum atomic E-state index is 0.600. The topological polar surface area (TPSA) is 39.7 Å². The molecule has 4 nitrogen and oxygen atoms in total. The highest BCUT2D eigenvalue weighted by Gasteiger charge is 2.23. The average molecular weight is 300 g/mol. The zero-order valence-electron chi connectivity index (χ0n) is 12.3. The summed E-state index contributed by atoms with van der Waals surface area (Å²) in [4.78, 5) is 0. The molecular weight excluding hydrogens is 278 g/mol. The summed E-state index contributed by atoms with van der Waals surface area (Å²) < 4.78 is 16.3. The van der Waals surface area contributed by atoms with Crippen molar-refractivity contribution in [1.29, 1.82) is 0 Å². The lowest BCUT2D eigenvalue weighted by Crippen LogP contribution is -2.28. The summed E-state index contributed by atoms with van der Waals surface area (Å²) in [5, 5.41) is 4.05. The Labute approximate surface area is 125 Å². The lowest BCUT2D eigenvalue weighted by Gasteiger charge is -2.25. The van der Waals surface area contributed by atoms with Crippen molar-refractivity contribution in [3.05, 3.63) is 16.7 Å². The van der Waals surface area contributed by atoms with Gasteiger partial charge < -0.3 is 19.5 Å². The molecule has 0 amide bonds. The van der Waals surface area contributed by atoms with Crippen LogP contribution in [0.2, 0.25) is 5.02 Å². The smallest absolute Gasteiger partial charge is 0.203 e. The van der Waals surface area contributed by atoms with Crippen LogP contribution in [0.1, 0.15) is 18.4 Å². The van der Waals surface area contributed by atoms with Crippen molar-refractivity contribution in [2.24, 2.45) is 5.92 Å². The lowest BCUT2D eigenvalue weighted by molar-refractivity contribution is 0.317. The highest BCUT2D eigenvalue weighted by atomic mass is 35.5. The molecule has 1 heterocycles. The second-order valence-electron chi connectivity index (χ2n) is 5.00. The van der Waals surface area contributed by atoms with Gasteiger partial charge in [-0.15, -0.1) is 0 Å². The van der Waals surface area contributed by atoms with Gasteiger partial charge in [-0.05, 0) is 38.3 Å². The Morgan fingerprint density at radius 1 is 1.10 bits per heavy atom. The molecule has 0 radical (unpaired) electrons. The van der Waals surface area contributed by atoms with Crippen LogP contribution in [0.5, 0.6) is 17.2 Å². The molecule has 5 heteroatoms. The first kappa shape index (κ1) is 15.3. The van der Waals surface area contributed by atoms with E-state index in [9.17, 15) is 0 Å². The van der Waals surface area contributed by atoms with Crippen LogP contribution in [-0.4, -0.2) is 34.4 Å². The Hall–Kier alpha value is -1.13. The van der Waals surface area contributed by atoms with Gasteiger partial charge in [0.1, 0.15) is 0 Å². The van der Waals surface area contributed by atoms with E-state index >= 15 is 0 Å². The van der Waals surface area contributed by atoms with Gasteiger partial charge >= 0.3 is 0 Å². The van der Waals surface area contributed by atoms with Gasteiger partial charge in [-0.1, -0.05) is 11.6 Å². The molecule has 0 unspecified atom stereocenters. The fraction of sp³-hybridized carbons (Fsp3) is 0.600. The van der Waals surface area contributed by atoms with Crippen LogP contribution in [0, 0.1) is 5.92 Å². The minimum Gasteiger partial charge on any atom is -0.493 e. The monoisotopic (exact) mass is 299 g/mol. The number of nitrogens with one attached hydrogen (secondary N) is 1. The van der Waals surface area contributed by atoms with Crippen molar-refractivity contribution >= 4 is 11.6 Å². The van der Waals surface area contributed by atoms with Gasteiger partial charge in [0.25, 0.3) is 0 Å². The van der Waals surface area contributed by atoms with Crippen LogP contribution < -0.4 is 19.5 Å². The predicted molar refractivity (Wildman–Crippen MR) is 80.4 cm³/mol. The molecular formula is C15H22ClNO3. The lowest BCUT2D eigenvalue weighted by atomic mass is 9.90. The molecule has 20 heavy (non-hydrogen) atoms. The van der Waals surface area contributed by atoms with Gasteiger partial charge in [-0.25, -0.2) is 0 Å². The average Bonchev–Trinajstić information content (AvgIpc) is 2.49.